The summed E-state index contributed by atoms with van der Waals surface area (Å²) in [5.74, 6) is -0.256. The Kier molecular flexibility index (Phi) is 6.16. The minimum Gasteiger partial charge on any atom is -0.497 e. The number of ketones is 1. The van der Waals surface area contributed by atoms with E-state index in [1.165, 1.54) is 11.3 Å². The summed E-state index contributed by atoms with van der Waals surface area (Å²) in [7, 11) is 1.56. The van der Waals surface area contributed by atoms with E-state index in [1.54, 1.807) is 38.3 Å². The van der Waals surface area contributed by atoms with E-state index in [4.69, 9.17) is 15.2 Å². The van der Waals surface area contributed by atoms with E-state index in [9.17, 15) is 9.59 Å². The number of thiophene rings is 1. The normalized spacial score (nSPS) is 10.5. The van der Waals surface area contributed by atoms with Crippen molar-refractivity contribution in [2.75, 3.05) is 19.5 Å². The molecule has 1 heterocycles. The molecule has 0 spiro atoms. The third-order valence-electron chi connectivity index (χ3n) is 4.10. The van der Waals surface area contributed by atoms with Crippen molar-refractivity contribution in [1.82, 2.24) is 0 Å². The van der Waals surface area contributed by atoms with E-state index >= 15 is 0 Å². The van der Waals surface area contributed by atoms with Gasteiger partial charge in [-0.2, -0.15) is 0 Å². The molecule has 0 aliphatic heterocycles. The Morgan fingerprint density at radius 3 is 2.25 bits per heavy atom. The highest BCUT2D eigenvalue weighted by Gasteiger charge is 2.29. The summed E-state index contributed by atoms with van der Waals surface area (Å²) in [5, 5.41) is 0.258. The average Bonchev–Trinajstić information content (AvgIpc) is 3.05. The van der Waals surface area contributed by atoms with E-state index in [1.807, 2.05) is 24.3 Å². The number of ether oxygens (including phenoxy) is 2. The Hall–Kier alpha value is -2.64. The number of anilines is 1. The van der Waals surface area contributed by atoms with E-state index in [0.717, 1.165) is 10.0 Å². The van der Waals surface area contributed by atoms with Gasteiger partial charge in [0.25, 0.3) is 0 Å². The van der Waals surface area contributed by atoms with Crippen molar-refractivity contribution < 1.29 is 19.1 Å². The maximum atomic E-state index is 13.3. The third kappa shape index (κ3) is 3.95. The van der Waals surface area contributed by atoms with E-state index in [2.05, 4.69) is 15.9 Å². The molecule has 0 unspecified atom stereocenters. The zero-order valence-electron chi connectivity index (χ0n) is 15.3. The summed E-state index contributed by atoms with van der Waals surface area (Å²) in [5.41, 5.74) is 7.74. The lowest BCUT2D eigenvalue weighted by molar-refractivity contribution is 0.0525. The van der Waals surface area contributed by atoms with Gasteiger partial charge in [-0.05, 0) is 48.9 Å². The Morgan fingerprint density at radius 2 is 1.68 bits per heavy atom. The molecule has 0 saturated carbocycles. The predicted molar refractivity (Wildman–Crippen MR) is 114 cm³/mol. The van der Waals surface area contributed by atoms with Gasteiger partial charge in [-0.25, -0.2) is 4.79 Å². The highest BCUT2D eigenvalue weighted by Crippen LogP contribution is 2.40. The largest absolute Gasteiger partial charge is 0.497 e. The lowest BCUT2D eigenvalue weighted by Gasteiger charge is -2.08. The second-order valence-corrected chi connectivity index (χ2v) is 7.80. The van der Waals surface area contributed by atoms with Gasteiger partial charge in [-0.15, -0.1) is 11.3 Å². The number of hydrogen-bond acceptors (Lipinski definition) is 6. The topological polar surface area (TPSA) is 78.6 Å². The van der Waals surface area contributed by atoms with Crippen molar-refractivity contribution in [1.29, 1.82) is 0 Å². The van der Waals surface area contributed by atoms with Crippen LogP contribution in [-0.2, 0) is 4.74 Å². The van der Waals surface area contributed by atoms with Crippen molar-refractivity contribution in [2.45, 2.75) is 6.92 Å². The number of carbonyl (C=O) groups is 2. The third-order valence-corrected chi connectivity index (χ3v) is 5.70. The Morgan fingerprint density at radius 1 is 1.04 bits per heavy atom. The molecule has 0 bridgehead atoms. The molecule has 0 radical (unpaired) electrons. The minimum atomic E-state index is -0.600. The molecule has 5 nitrogen and oxygen atoms in total. The molecule has 28 heavy (non-hydrogen) atoms. The van der Waals surface area contributed by atoms with Crippen LogP contribution in [-0.4, -0.2) is 25.5 Å². The van der Waals surface area contributed by atoms with Crippen LogP contribution in [0.3, 0.4) is 0 Å². The van der Waals surface area contributed by atoms with Crippen LogP contribution in [0, 0.1) is 0 Å². The van der Waals surface area contributed by atoms with Gasteiger partial charge in [0.15, 0.2) is 5.78 Å². The van der Waals surface area contributed by atoms with E-state index < -0.39 is 5.97 Å². The summed E-state index contributed by atoms with van der Waals surface area (Å²) in [6, 6.07) is 14.2. The van der Waals surface area contributed by atoms with Crippen molar-refractivity contribution >= 4 is 44.0 Å². The summed E-state index contributed by atoms with van der Waals surface area (Å²) in [6.07, 6.45) is 0. The van der Waals surface area contributed by atoms with Crippen LogP contribution in [0.5, 0.6) is 5.75 Å². The number of methoxy groups -OCH3 is 1. The first kappa shape index (κ1) is 20.1. The Bertz CT molecular complexity index is 1010. The predicted octanol–water partition coefficient (Wildman–Crippen LogP) is 5.18. The van der Waals surface area contributed by atoms with Crippen LogP contribution in [0.1, 0.15) is 33.2 Å². The fraction of sp³-hybridized carbons (Fsp3) is 0.143. The van der Waals surface area contributed by atoms with Crippen molar-refractivity contribution in [3.05, 3.63) is 69.7 Å². The zero-order valence-corrected chi connectivity index (χ0v) is 17.7. The molecule has 0 aliphatic carbocycles. The SMILES string of the molecule is CCOC(=O)c1c(N)sc(-c2ccc(Br)cc2)c1C(=O)c1ccc(OC)cc1. The van der Waals surface area contributed by atoms with Crippen molar-refractivity contribution in [3.63, 3.8) is 0 Å². The quantitative estimate of drug-likeness (QED) is 0.405. The second kappa shape index (κ2) is 8.58. The average molecular weight is 460 g/mol. The van der Waals surface area contributed by atoms with Crippen LogP contribution in [0.15, 0.2) is 53.0 Å². The molecular weight excluding hydrogens is 442 g/mol. The molecule has 7 heteroatoms. The van der Waals surface area contributed by atoms with Gasteiger partial charge in [0.05, 0.1) is 19.3 Å². The number of halogens is 1. The summed E-state index contributed by atoms with van der Waals surface area (Å²) >= 11 is 4.61. The summed E-state index contributed by atoms with van der Waals surface area (Å²) in [6.45, 7) is 1.90. The van der Waals surface area contributed by atoms with Crippen molar-refractivity contribution in [3.8, 4) is 16.2 Å². The van der Waals surface area contributed by atoms with Crippen LogP contribution >= 0.6 is 27.3 Å². The number of esters is 1. The fourth-order valence-electron chi connectivity index (χ4n) is 2.76. The van der Waals surface area contributed by atoms with Gasteiger partial charge in [0, 0.05) is 14.9 Å². The Balaban J connectivity index is 2.18. The maximum absolute atomic E-state index is 13.3. The number of carbonyl (C=O) groups excluding carboxylic acids is 2. The fourth-order valence-corrected chi connectivity index (χ4v) is 4.09. The van der Waals surface area contributed by atoms with Crippen molar-refractivity contribution in [2.24, 2.45) is 0 Å². The molecule has 0 fully saturated rings. The minimum absolute atomic E-state index is 0.116. The molecule has 1 aromatic heterocycles. The van der Waals surface area contributed by atoms with E-state index in [0.29, 0.717) is 16.2 Å². The van der Waals surface area contributed by atoms with Gasteiger partial charge in [-0.1, -0.05) is 28.1 Å². The van der Waals surface area contributed by atoms with Crippen LogP contribution in [0.4, 0.5) is 5.00 Å². The molecule has 144 valence electrons. The molecule has 0 saturated heterocycles. The smallest absolute Gasteiger partial charge is 0.341 e. The first-order chi connectivity index (χ1) is 13.5. The lowest BCUT2D eigenvalue weighted by atomic mass is 9.97. The molecule has 3 rings (SSSR count). The maximum Gasteiger partial charge on any atom is 0.341 e. The first-order valence-electron chi connectivity index (χ1n) is 8.50. The van der Waals surface area contributed by atoms with Gasteiger partial charge >= 0.3 is 5.97 Å². The Labute approximate surface area is 175 Å². The molecule has 0 atom stereocenters. The molecule has 3 aromatic rings. The standard InChI is InChI=1S/C21H18BrNO4S/c1-3-27-21(25)17-16(18(24)12-6-10-15(26-2)11-7-12)19(28-20(17)23)13-4-8-14(22)9-5-13/h4-11H,3,23H2,1-2H3. The number of benzene rings is 2. The van der Waals surface area contributed by atoms with Crippen LogP contribution < -0.4 is 10.5 Å². The van der Waals surface area contributed by atoms with Crippen LogP contribution in [0.25, 0.3) is 10.4 Å². The first-order valence-corrected chi connectivity index (χ1v) is 10.1. The van der Waals surface area contributed by atoms with Gasteiger partial charge < -0.3 is 15.2 Å². The monoisotopic (exact) mass is 459 g/mol. The van der Waals surface area contributed by atoms with Gasteiger partial charge in [0.1, 0.15) is 16.3 Å². The molecule has 2 N–H and O–H groups in total. The highest BCUT2D eigenvalue weighted by molar-refractivity contribution is 9.10. The molecule has 0 aliphatic rings. The molecular formula is C21H18BrNO4S. The molecule has 2 aromatic carbocycles. The highest BCUT2D eigenvalue weighted by atomic mass is 79.9. The van der Waals surface area contributed by atoms with Gasteiger partial charge in [0.2, 0.25) is 0 Å². The summed E-state index contributed by atoms with van der Waals surface area (Å²) in [4.78, 5) is 26.5. The van der Waals surface area contributed by atoms with E-state index in [-0.39, 0.29) is 28.5 Å². The number of rotatable bonds is 6. The number of nitrogen functional groups attached to an aromatic ring is 1. The number of nitrogens with two attached hydrogens (primary N) is 1. The van der Waals surface area contributed by atoms with Gasteiger partial charge in [-0.3, -0.25) is 4.79 Å². The van der Waals surface area contributed by atoms with Crippen LogP contribution in [0.2, 0.25) is 0 Å². The summed E-state index contributed by atoms with van der Waals surface area (Å²) < 4.78 is 11.2. The number of hydrogen-bond donors (Lipinski definition) is 1. The zero-order chi connectivity index (χ0) is 20.3. The second-order valence-electron chi connectivity index (χ2n) is 5.83. The molecule has 0 amide bonds. The lowest BCUT2D eigenvalue weighted by Crippen LogP contribution is -2.13.